The Morgan fingerprint density at radius 2 is 1.77 bits per heavy atom. The third-order valence-corrected chi connectivity index (χ3v) is 5.20. The van der Waals surface area contributed by atoms with Crippen LogP contribution >= 0.6 is 35.6 Å². The molecule has 0 spiro atoms. The van der Waals surface area contributed by atoms with E-state index in [1.165, 1.54) is 19.3 Å². The maximum atomic E-state index is 12.6. The summed E-state index contributed by atoms with van der Waals surface area (Å²) < 4.78 is 0. The highest BCUT2D eigenvalue weighted by molar-refractivity contribution is 6.42. The molecule has 1 atom stereocenters. The Bertz CT molecular complexity index is 532. The summed E-state index contributed by atoms with van der Waals surface area (Å²) in [6.07, 6.45) is 4.77. The van der Waals surface area contributed by atoms with Crippen LogP contribution in [0.3, 0.4) is 0 Å². The van der Waals surface area contributed by atoms with Crippen molar-refractivity contribution < 1.29 is 4.79 Å². The largest absolute Gasteiger partial charge is 0.312 e. The van der Waals surface area contributed by atoms with Gasteiger partial charge in [0.05, 0.1) is 16.0 Å². The number of halogens is 3. The molecule has 1 unspecified atom stereocenters. The van der Waals surface area contributed by atoms with Crippen LogP contribution < -0.4 is 4.90 Å². The Balaban J connectivity index is 0.00000176. The Labute approximate surface area is 148 Å². The number of anilines is 1. The van der Waals surface area contributed by atoms with Crippen LogP contribution in [0.25, 0.3) is 0 Å². The van der Waals surface area contributed by atoms with Crippen molar-refractivity contribution in [1.82, 2.24) is 4.90 Å². The highest BCUT2D eigenvalue weighted by Crippen LogP contribution is 2.31. The van der Waals surface area contributed by atoms with Gasteiger partial charge in [0.25, 0.3) is 0 Å². The second-order valence-corrected chi connectivity index (χ2v) is 6.75. The van der Waals surface area contributed by atoms with Gasteiger partial charge in [0.2, 0.25) is 5.91 Å². The molecule has 2 fully saturated rings. The maximum absolute atomic E-state index is 12.6. The molecule has 2 saturated heterocycles. The van der Waals surface area contributed by atoms with E-state index in [2.05, 4.69) is 4.90 Å². The van der Waals surface area contributed by atoms with E-state index in [4.69, 9.17) is 23.2 Å². The fraction of sp³-hybridized carbons (Fsp3) is 0.562. The summed E-state index contributed by atoms with van der Waals surface area (Å²) in [7, 11) is 0. The molecule has 2 aliphatic heterocycles. The molecule has 0 radical (unpaired) electrons. The molecule has 122 valence electrons. The highest BCUT2D eigenvalue weighted by atomic mass is 35.5. The van der Waals surface area contributed by atoms with Gasteiger partial charge in [-0.2, -0.15) is 0 Å². The Morgan fingerprint density at radius 3 is 2.45 bits per heavy atom. The van der Waals surface area contributed by atoms with Crippen molar-refractivity contribution in [1.29, 1.82) is 0 Å². The van der Waals surface area contributed by atoms with Gasteiger partial charge >= 0.3 is 0 Å². The summed E-state index contributed by atoms with van der Waals surface area (Å²) in [4.78, 5) is 16.9. The minimum atomic E-state index is 0. The average molecular weight is 364 g/mol. The van der Waals surface area contributed by atoms with Gasteiger partial charge in [-0.05, 0) is 50.6 Å². The molecule has 1 amide bonds. The molecule has 1 aromatic rings. The summed E-state index contributed by atoms with van der Waals surface area (Å²) in [5, 5.41) is 1.03. The summed E-state index contributed by atoms with van der Waals surface area (Å²) in [6, 6.07) is 5.41. The maximum Gasteiger partial charge on any atom is 0.231 e. The first kappa shape index (κ1) is 17.9. The third-order valence-electron chi connectivity index (χ3n) is 4.46. The van der Waals surface area contributed by atoms with Crippen molar-refractivity contribution in [3.05, 3.63) is 28.2 Å². The summed E-state index contributed by atoms with van der Waals surface area (Å²) in [5.74, 6) is 0.344. The van der Waals surface area contributed by atoms with E-state index in [1.54, 1.807) is 12.1 Å². The van der Waals surface area contributed by atoms with E-state index < -0.39 is 0 Å². The number of benzene rings is 1. The van der Waals surface area contributed by atoms with E-state index in [-0.39, 0.29) is 24.2 Å². The van der Waals surface area contributed by atoms with Crippen LogP contribution in [0, 0.1) is 5.92 Å². The minimum Gasteiger partial charge on any atom is -0.312 e. The fourth-order valence-electron chi connectivity index (χ4n) is 3.27. The fourth-order valence-corrected chi connectivity index (χ4v) is 3.56. The molecule has 0 N–H and O–H groups in total. The van der Waals surface area contributed by atoms with Crippen LogP contribution in [-0.4, -0.2) is 37.0 Å². The minimum absolute atomic E-state index is 0. The van der Waals surface area contributed by atoms with Crippen LogP contribution in [0.5, 0.6) is 0 Å². The van der Waals surface area contributed by atoms with Crippen LogP contribution in [0.1, 0.15) is 25.7 Å². The third kappa shape index (κ3) is 3.88. The lowest BCUT2D eigenvalue weighted by atomic mass is 10.1. The molecular formula is C16H21Cl3N2O. The van der Waals surface area contributed by atoms with Gasteiger partial charge in [-0.15, -0.1) is 12.4 Å². The second kappa shape index (κ2) is 7.87. The van der Waals surface area contributed by atoms with Crippen LogP contribution in [0.4, 0.5) is 5.69 Å². The van der Waals surface area contributed by atoms with Gasteiger partial charge in [-0.3, -0.25) is 4.79 Å². The number of carbonyl (C=O) groups excluding carboxylic acids is 1. The van der Waals surface area contributed by atoms with Gasteiger partial charge in [0.1, 0.15) is 0 Å². The lowest BCUT2D eigenvalue weighted by molar-refractivity contribution is -0.121. The van der Waals surface area contributed by atoms with Gasteiger partial charge in [0, 0.05) is 18.8 Å². The average Bonchev–Trinajstić information content (AvgIpc) is 2.84. The molecule has 3 nitrogen and oxygen atoms in total. The summed E-state index contributed by atoms with van der Waals surface area (Å²) in [6.45, 7) is 3.94. The van der Waals surface area contributed by atoms with E-state index >= 15 is 0 Å². The van der Waals surface area contributed by atoms with Gasteiger partial charge in [0.15, 0.2) is 0 Å². The first-order valence-electron chi connectivity index (χ1n) is 7.64. The van der Waals surface area contributed by atoms with Crippen molar-refractivity contribution in [3.8, 4) is 0 Å². The number of rotatable bonds is 3. The normalized spacial score (nSPS) is 22.7. The molecule has 0 aliphatic carbocycles. The molecule has 1 aromatic carbocycles. The van der Waals surface area contributed by atoms with Crippen molar-refractivity contribution in [2.24, 2.45) is 5.92 Å². The lowest BCUT2D eigenvalue weighted by Crippen LogP contribution is -2.37. The van der Waals surface area contributed by atoms with Crippen molar-refractivity contribution in [2.45, 2.75) is 25.7 Å². The Morgan fingerprint density at radius 1 is 1.05 bits per heavy atom. The van der Waals surface area contributed by atoms with E-state index in [1.807, 2.05) is 11.0 Å². The molecule has 3 rings (SSSR count). The predicted molar refractivity (Wildman–Crippen MR) is 94.5 cm³/mol. The van der Waals surface area contributed by atoms with Crippen LogP contribution in [0.15, 0.2) is 18.2 Å². The number of likely N-dealkylation sites (tertiary alicyclic amines) is 1. The van der Waals surface area contributed by atoms with Gasteiger partial charge in [-0.25, -0.2) is 0 Å². The highest BCUT2D eigenvalue weighted by Gasteiger charge is 2.34. The van der Waals surface area contributed by atoms with Crippen LogP contribution in [-0.2, 0) is 4.79 Å². The molecule has 2 heterocycles. The lowest BCUT2D eigenvalue weighted by Gasteiger charge is -2.28. The van der Waals surface area contributed by atoms with E-state index in [0.717, 1.165) is 38.3 Å². The number of carbonyl (C=O) groups is 1. The smallest absolute Gasteiger partial charge is 0.231 e. The topological polar surface area (TPSA) is 23.6 Å². The quantitative estimate of drug-likeness (QED) is 0.801. The number of piperidine rings is 1. The molecular weight excluding hydrogens is 343 g/mol. The molecule has 0 aromatic heterocycles. The second-order valence-electron chi connectivity index (χ2n) is 5.94. The van der Waals surface area contributed by atoms with Crippen molar-refractivity contribution >= 4 is 47.2 Å². The summed E-state index contributed by atoms with van der Waals surface area (Å²) in [5.41, 5.74) is 0.857. The van der Waals surface area contributed by atoms with Gasteiger partial charge in [-0.1, -0.05) is 29.6 Å². The first-order chi connectivity index (χ1) is 10.1. The molecule has 0 saturated carbocycles. The molecule has 2 aliphatic rings. The molecule has 6 heteroatoms. The zero-order valence-corrected chi connectivity index (χ0v) is 14.8. The standard InChI is InChI=1S/C16H20Cl2N2O.ClH/c17-14-5-4-13(10-15(14)18)20-9-6-12(16(20)21)11-19-7-2-1-3-8-19;/h4-5,10,12H,1-3,6-9,11H2;1H. The van der Waals surface area contributed by atoms with Crippen LogP contribution in [0.2, 0.25) is 10.0 Å². The van der Waals surface area contributed by atoms with E-state index in [0.29, 0.717) is 10.0 Å². The zero-order chi connectivity index (χ0) is 14.8. The SMILES string of the molecule is Cl.O=C1C(CN2CCCCC2)CCN1c1ccc(Cl)c(Cl)c1. The number of hydrogen-bond acceptors (Lipinski definition) is 2. The van der Waals surface area contributed by atoms with Crippen molar-refractivity contribution in [2.75, 3.05) is 31.1 Å². The summed E-state index contributed by atoms with van der Waals surface area (Å²) >= 11 is 12.0. The van der Waals surface area contributed by atoms with Crippen molar-refractivity contribution in [3.63, 3.8) is 0 Å². The predicted octanol–water partition coefficient (Wildman–Crippen LogP) is 4.25. The Hall–Kier alpha value is -0.480. The first-order valence-corrected chi connectivity index (χ1v) is 8.39. The number of amides is 1. The zero-order valence-electron chi connectivity index (χ0n) is 12.4. The number of nitrogens with zero attached hydrogens (tertiary/aromatic N) is 2. The van der Waals surface area contributed by atoms with Gasteiger partial charge < -0.3 is 9.80 Å². The number of hydrogen-bond donors (Lipinski definition) is 0. The monoisotopic (exact) mass is 362 g/mol. The van der Waals surface area contributed by atoms with E-state index in [9.17, 15) is 4.79 Å². The molecule has 0 bridgehead atoms. The molecule has 22 heavy (non-hydrogen) atoms. The Kier molecular flexibility index (Phi) is 6.39.